The molecule has 2 aliphatic carbocycles. The number of fused-ring (bicyclic) bond motifs is 2. The van der Waals surface area contributed by atoms with Crippen LogP contribution in [0.2, 0.25) is 0 Å². The summed E-state index contributed by atoms with van der Waals surface area (Å²) in [7, 11) is 0. The predicted molar refractivity (Wildman–Crippen MR) is 125 cm³/mol. The number of thioether (sulfide) groups is 1. The van der Waals surface area contributed by atoms with Crippen LogP contribution in [0.15, 0.2) is 12.5 Å². The van der Waals surface area contributed by atoms with Crippen molar-refractivity contribution in [1.82, 2.24) is 19.9 Å². The van der Waals surface area contributed by atoms with Gasteiger partial charge in [-0.15, -0.1) is 11.3 Å². The molecule has 1 saturated carbocycles. The number of nitrogens with one attached hydrogen (secondary N) is 1. The molecular formula is C23H32N4O2S2. The highest BCUT2D eigenvalue weighted by Gasteiger charge is 2.54. The van der Waals surface area contributed by atoms with E-state index in [9.17, 15) is 9.90 Å². The number of carbonyl (C=O) groups is 1. The molecule has 5 rings (SSSR count). The molecule has 31 heavy (non-hydrogen) atoms. The molecule has 1 amide bonds. The number of amides is 1. The number of aliphatic hydroxyl groups excluding tert-OH is 1. The smallest absolute Gasteiger partial charge is 0.225 e. The number of aromatic nitrogens is 3. The van der Waals surface area contributed by atoms with Crippen molar-refractivity contribution in [1.29, 1.82) is 0 Å². The maximum atomic E-state index is 13.2. The molecule has 0 bridgehead atoms. The number of hydrogen-bond donors (Lipinski definition) is 2. The maximum Gasteiger partial charge on any atom is 0.225 e. The van der Waals surface area contributed by atoms with Crippen molar-refractivity contribution in [2.24, 2.45) is 23.2 Å². The Kier molecular flexibility index (Phi) is 5.67. The van der Waals surface area contributed by atoms with Gasteiger partial charge in [0.05, 0.1) is 30.0 Å². The van der Waals surface area contributed by atoms with E-state index in [4.69, 9.17) is 4.98 Å². The number of aliphatic hydroxyl groups is 1. The summed E-state index contributed by atoms with van der Waals surface area (Å²) in [4.78, 5) is 28.8. The van der Waals surface area contributed by atoms with Crippen molar-refractivity contribution in [3.8, 4) is 10.7 Å². The molecule has 168 valence electrons. The third kappa shape index (κ3) is 3.64. The molecule has 1 saturated heterocycles. The Morgan fingerprint density at radius 2 is 2.16 bits per heavy atom. The van der Waals surface area contributed by atoms with Gasteiger partial charge >= 0.3 is 0 Å². The zero-order valence-electron chi connectivity index (χ0n) is 18.5. The summed E-state index contributed by atoms with van der Waals surface area (Å²) in [5.74, 6) is 2.47. The molecule has 2 aromatic rings. The molecule has 1 aliphatic heterocycles. The second kappa shape index (κ2) is 8.19. The Labute approximate surface area is 192 Å². The fraction of sp³-hybridized carbons (Fsp3) is 0.696. The quantitative estimate of drug-likeness (QED) is 0.728. The molecule has 0 unspecified atom stereocenters. The average molecular weight is 461 g/mol. The van der Waals surface area contributed by atoms with Crippen molar-refractivity contribution in [3.05, 3.63) is 23.1 Å². The highest BCUT2D eigenvalue weighted by Crippen LogP contribution is 2.57. The largest absolute Gasteiger partial charge is 0.392 e. The number of rotatable bonds is 3. The fourth-order valence-electron chi connectivity index (χ4n) is 6.29. The van der Waals surface area contributed by atoms with Gasteiger partial charge in [0, 0.05) is 41.3 Å². The predicted octanol–water partition coefficient (Wildman–Crippen LogP) is 3.80. The minimum atomic E-state index is -0.475. The summed E-state index contributed by atoms with van der Waals surface area (Å²) in [5, 5.41) is 12.6. The van der Waals surface area contributed by atoms with Crippen LogP contribution >= 0.6 is 23.1 Å². The summed E-state index contributed by atoms with van der Waals surface area (Å²) in [5.41, 5.74) is 2.13. The summed E-state index contributed by atoms with van der Waals surface area (Å²) < 4.78 is 0. The van der Waals surface area contributed by atoms with E-state index < -0.39 is 6.10 Å². The molecule has 6 atom stereocenters. The van der Waals surface area contributed by atoms with Crippen molar-refractivity contribution >= 4 is 29.0 Å². The number of hydrogen-bond acceptors (Lipinski definition) is 6. The lowest BCUT2D eigenvalue weighted by Crippen LogP contribution is -2.54. The van der Waals surface area contributed by atoms with E-state index in [0.717, 1.165) is 60.3 Å². The Bertz CT molecular complexity index is 940. The lowest BCUT2D eigenvalue weighted by Gasteiger charge is -2.53. The molecule has 8 heteroatoms. The second-order valence-corrected chi connectivity index (χ2v) is 12.2. The van der Waals surface area contributed by atoms with Crippen molar-refractivity contribution < 1.29 is 9.90 Å². The standard InChI is InChI=1S/C23H32N4O2S2/c1-13(22(29)27-6-8-30-9-7-27)15-4-5-23(3)10-17-19(14(2)18(23)20(15)28)26-21(31-17)16-11-24-12-25-16/h11-15,18,20,28H,4-10H2,1-3H3,(H,24,25)/t13-,14-,15-,18+,20-,23-/m0/s1. The van der Waals surface area contributed by atoms with Gasteiger partial charge in [0.1, 0.15) is 5.01 Å². The SMILES string of the molecule is C[C@H](C(=O)N1CCSCC1)[C@@H]1CC[C@@]2(C)Cc3sc(-c4cnc[nH]4)nc3[C@@H](C)[C@@H]2[C@H]1O. The summed E-state index contributed by atoms with van der Waals surface area (Å²) in [6.07, 6.45) is 5.96. The van der Waals surface area contributed by atoms with Crippen LogP contribution in [0.5, 0.6) is 0 Å². The highest BCUT2D eigenvalue weighted by molar-refractivity contribution is 7.99. The normalized spacial score (nSPS) is 34.1. The molecule has 0 spiro atoms. The minimum Gasteiger partial charge on any atom is -0.392 e. The molecule has 3 aliphatic rings. The second-order valence-electron chi connectivity index (χ2n) is 9.86. The van der Waals surface area contributed by atoms with Crippen LogP contribution in [0.4, 0.5) is 0 Å². The summed E-state index contributed by atoms with van der Waals surface area (Å²) in [6, 6.07) is 0. The van der Waals surface area contributed by atoms with Crippen LogP contribution in [0.1, 0.15) is 50.1 Å². The first-order valence-electron chi connectivity index (χ1n) is 11.4. The lowest BCUT2D eigenvalue weighted by molar-refractivity contribution is -0.144. The maximum absolute atomic E-state index is 13.2. The van der Waals surface area contributed by atoms with Gasteiger partial charge in [0.2, 0.25) is 5.91 Å². The third-order valence-electron chi connectivity index (χ3n) is 8.01. The van der Waals surface area contributed by atoms with E-state index in [0.29, 0.717) is 0 Å². The molecule has 2 aromatic heterocycles. The van der Waals surface area contributed by atoms with E-state index >= 15 is 0 Å². The fourth-order valence-corrected chi connectivity index (χ4v) is 8.53. The Morgan fingerprint density at radius 3 is 2.87 bits per heavy atom. The van der Waals surface area contributed by atoms with E-state index in [1.807, 2.05) is 29.8 Å². The molecular weight excluding hydrogens is 428 g/mol. The zero-order chi connectivity index (χ0) is 21.8. The van der Waals surface area contributed by atoms with Crippen molar-refractivity contribution in [2.75, 3.05) is 24.6 Å². The molecule has 2 fully saturated rings. The van der Waals surface area contributed by atoms with E-state index in [1.165, 1.54) is 4.88 Å². The monoisotopic (exact) mass is 460 g/mol. The van der Waals surface area contributed by atoms with Gasteiger partial charge < -0.3 is 15.0 Å². The Morgan fingerprint density at radius 1 is 1.39 bits per heavy atom. The van der Waals surface area contributed by atoms with Crippen molar-refractivity contribution in [2.45, 2.75) is 52.1 Å². The Balaban J connectivity index is 1.40. The van der Waals surface area contributed by atoms with Crippen LogP contribution in [0, 0.1) is 23.2 Å². The van der Waals surface area contributed by atoms with Crippen LogP contribution in [0.25, 0.3) is 10.7 Å². The molecule has 0 aromatic carbocycles. The molecule has 6 nitrogen and oxygen atoms in total. The summed E-state index contributed by atoms with van der Waals surface area (Å²) >= 11 is 3.67. The number of nitrogens with zero attached hydrogens (tertiary/aromatic N) is 3. The first kappa shape index (κ1) is 21.5. The van der Waals surface area contributed by atoms with Gasteiger partial charge in [-0.1, -0.05) is 20.8 Å². The van der Waals surface area contributed by atoms with E-state index in [1.54, 1.807) is 17.7 Å². The minimum absolute atomic E-state index is 0.0230. The van der Waals surface area contributed by atoms with E-state index in [2.05, 4.69) is 23.8 Å². The van der Waals surface area contributed by atoms with E-state index in [-0.39, 0.29) is 35.0 Å². The van der Waals surface area contributed by atoms with Crippen LogP contribution in [-0.4, -0.2) is 61.6 Å². The first-order chi connectivity index (χ1) is 14.9. The Hall–Kier alpha value is -1.38. The zero-order valence-corrected chi connectivity index (χ0v) is 20.1. The number of imidazole rings is 1. The van der Waals surface area contributed by atoms with Crippen LogP contribution in [0.3, 0.4) is 0 Å². The van der Waals surface area contributed by atoms with Gasteiger partial charge in [-0.25, -0.2) is 9.97 Å². The molecule has 0 radical (unpaired) electrons. The molecule has 2 N–H and O–H groups in total. The van der Waals surface area contributed by atoms with Crippen LogP contribution < -0.4 is 0 Å². The number of aromatic amines is 1. The van der Waals surface area contributed by atoms with Gasteiger partial charge in [-0.05, 0) is 36.5 Å². The van der Waals surface area contributed by atoms with Crippen LogP contribution in [-0.2, 0) is 11.2 Å². The lowest BCUT2D eigenvalue weighted by atomic mass is 9.53. The van der Waals surface area contributed by atoms with Gasteiger partial charge in [0.25, 0.3) is 0 Å². The van der Waals surface area contributed by atoms with Gasteiger partial charge in [-0.3, -0.25) is 4.79 Å². The summed E-state index contributed by atoms with van der Waals surface area (Å²) in [6.45, 7) is 8.27. The van der Waals surface area contributed by atoms with Gasteiger partial charge in [-0.2, -0.15) is 11.8 Å². The topological polar surface area (TPSA) is 82.1 Å². The van der Waals surface area contributed by atoms with Gasteiger partial charge in [0.15, 0.2) is 0 Å². The average Bonchev–Trinajstić information content (AvgIpc) is 3.43. The highest BCUT2D eigenvalue weighted by atomic mass is 32.2. The first-order valence-corrected chi connectivity index (χ1v) is 13.4. The number of carbonyl (C=O) groups excluding carboxylic acids is 1. The number of H-pyrrole nitrogens is 1. The van der Waals surface area contributed by atoms with Crippen molar-refractivity contribution in [3.63, 3.8) is 0 Å². The molecule has 3 heterocycles. The number of thiazole rings is 1. The third-order valence-corrected chi connectivity index (χ3v) is 10.1.